The summed E-state index contributed by atoms with van der Waals surface area (Å²) in [6.07, 6.45) is 0.273. The Morgan fingerprint density at radius 2 is 1.92 bits per heavy atom. The van der Waals surface area contributed by atoms with E-state index < -0.39 is 0 Å². The molecule has 128 valence electrons. The summed E-state index contributed by atoms with van der Waals surface area (Å²) >= 11 is 1.56. The molecular formula is C20H20N2O2S. The fourth-order valence-corrected chi connectivity index (χ4v) is 3.56. The van der Waals surface area contributed by atoms with Crippen LogP contribution in [-0.2, 0) is 11.2 Å². The molecular weight excluding hydrogens is 332 g/mol. The summed E-state index contributed by atoms with van der Waals surface area (Å²) in [5.74, 6) is 0.759. The van der Waals surface area contributed by atoms with Crippen LogP contribution >= 0.6 is 11.3 Å². The van der Waals surface area contributed by atoms with Crippen LogP contribution in [0, 0.1) is 13.8 Å². The molecule has 0 radical (unpaired) electrons. The third-order valence-corrected chi connectivity index (χ3v) is 4.79. The maximum atomic E-state index is 12.3. The predicted octanol–water partition coefficient (Wildman–Crippen LogP) is 4.62. The largest absolute Gasteiger partial charge is 0.497 e. The fraction of sp³-hybridized carbons (Fsp3) is 0.200. The van der Waals surface area contributed by atoms with Gasteiger partial charge in [-0.05, 0) is 55.8 Å². The van der Waals surface area contributed by atoms with Crippen LogP contribution in [0.4, 0.5) is 5.69 Å². The van der Waals surface area contributed by atoms with Crippen molar-refractivity contribution in [3.05, 3.63) is 64.0 Å². The Morgan fingerprint density at radius 3 is 2.60 bits per heavy atom. The maximum absolute atomic E-state index is 12.3. The van der Waals surface area contributed by atoms with Gasteiger partial charge in [0.1, 0.15) is 10.8 Å². The Morgan fingerprint density at radius 1 is 1.16 bits per heavy atom. The van der Waals surface area contributed by atoms with Gasteiger partial charge >= 0.3 is 0 Å². The van der Waals surface area contributed by atoms with Crippen molar-refractivity contribution in [2.24, 2.45) is 0 Å². The highest BCUT2D eigenvalue weighted by atomic mass is 32.1. The van der Waals surface area contributed by atoms with Gasteiger partial charge in [-0.25, -0.2) is 4.98 Å². The number of rotatable bonds is 5. The molecule has 0 saturated heterocycles. The van der Waals surface area contributed by atoms with E-state index in [9.17, 15) is 4.79 Å². The zero-order valence-electron chi connectivity index (χ0n) is 14.5. The molecule has 1 aromatic heterocycles. The lowest BCUT2D eigenvalue weighted by Gasteiger charge is -2.04. The van der Waals surface area contributed by atoms with Crippen molar-refractivity contribution in [1.29, 1.82) is 0 Å². The monoisotopic (exact) mass is 352 g/mol. The number of nitrogens with zero attached hydrogens (tertiary/aromatic N) is 1. The molecule has 3 aromatic rings. The number of hydrogen-bond donors (Lipinski definition) is 1. The van der Waals surface area contributed by atoms with Crippen LogP contribution in [0.5, 0.6) is 5.75 Å². The van der Waals surface area contributed by atoms with E-state index in [4.69, 9.17) is 4.74 Å². The fourth-order valence-electron chi connectivity index (χ4n) is 2.61. The number of thiazole rings is 1. The second-order valence-corrected chi connectivity index (χ2v) is 7.12. The van der Waals surface area contributed by atoms with Crippen molar-refractivity contribution in [3.8, 4) is 17.0 Å². The lowest BCUT2D eigenvalue weighted by Crippen LogP contribution is -2.14. The number of aromatic nitrogens is 1. The smallest absolute Gasteiger partial charge is 0.231 e. The molecule has 0 aliphatic carbocycles. The van der Waals surface area contributed by atoms with Gasteiger partial charge in [-0.2, -0.15) is 0 Å². The number of carbonyl (C=O) groups is 1. The molecule has 3 rings (SSSR count). The van der Waals surface area contributed by atoms with Crippen LogP contribution < -0.4 is 10.1 Å². The van der Waals surface area contributed by atoms with Crippen molar-refractivity contribution < 1.29 is 9.53 Å². The molecule has 25 heavy (non-hydrogen) atoms. The average Bonchev–Trinajstić information content (AvgIpc) is 2.95. The SMILES string of the molecule is COc1ccc(-c2nc(CC(=O)Nc3cccc(C)c3)sc2C)cc1. The summed E-state index contributed by atoms with van der Waals surface area (Å²) in [5.41, 5.74) is 3.88. The number of nitrogens with one attached hydrogen (secondary N) is 1. The van der Waals surface area contributed by atoms with Crippen molar-refractivity contribution in [3.63, 3.8) is 0 Å². The Kier molecular flexibility index (Phi) is 5.14. The molecule has 1 amide bonds. The van der Waals surface area contributed by atoms with E-state index >= 15 is 0 Å². The first-order valence-electron chi connectivity index (χ1n) is 8.02. The highest BCUT2D eigenvalue weighted by molar-refractivity contribution is 7.12. The van der Waals surface area contributed by atoms with E-state index in [0.717, 1.165) is 38.1 Å². The third-order valence-electron chi connectivity index (χ3n) is 3.82. The van der Waals surface area contributed by atoms with Crippen LogP contribution in [0.2, 0.25) is 0 Å². The number of anilines is 1. The minimum absolute atomic E-state index is 0.0550. The van der Waals surface area contributed by atoms with Gasteiger partial charge in [0.2, 0.25) is 5.91 Å². The van der Waals surface area contributed by atoms with Crippen LogP contribution in [0.3, 0.4) is 0 Å². The molecule has 0 aliphatic rings. The van der Waals surface area contributed by atoms with Crippen LogP contribution in [0.1, 0.15) is 15.4 Å². The van der Waals surface area contributed by atoms with E-state index in [0.29, 0.717) is 0 Å². The second-order valence-electron chi connectivity index (χ2n) is 5.84. The molecule has 0 spiro atoms. The normalized spacial score (nSPS) is 10.5. The summed E-state index contributed by atoms with van der Waals surface area (Å²) in [7, 11) is 1.65. The van der Waals surface area contributed by atoms with Crippen LogP contribution in [0.25, 0.3) is 11.3 Å². The maximum Gasteiger partial charge on any atom is 0.231 e. The van der Waals surface area contributed by atoms with Gasteiger partial charge in [-0.3, -0.25) is 4.79 Å². The summed E-state index contributed by atoms with van der Waals surface area (Å²) in [6, 6.07) is 15.6. The van der Waals surface area contributed by atoms with Crippen molar-refractivity contribution in [1.82, 2.24) is 4.98 Å². The first-order chi connectivity index (χ1) is 12.0. The van der Waals surface area contributed by atoms with E-state index in [1.165, 1.54) is 0 Å². The van der Waals surface area contributed by atoms with E-state index in [-0.39, 0.29) is 12.3 Å². The van der Waals surface area contributed by atoms with Crippen molar-refractivity contribution in [2.45, 2.75) is 20.3 Å². The second kappa shape index (κ2) is 7.49. The summed E-state index contributed by atoms with van der Waals surface area (Å²) in [4.78, 5) is 18.0. The third kappa shape index (κ3) is 4.25. The molecule has 5 heteroatoms. The molecule has 2 aromatic carbocycles. The van der Waals surface area contributed by atoms with Gasteiger partial charge in [-0.15, -0.1) is 11.3 Å². The highest BCUT2D eigenvalue weighted by Gasteiger charge is 2.13. The first kappa shape index (κ1) is 17.2. The number of amides is 1. The molecule has 1 heterocycles. The number of aryl methyl sites for hydroxylation is 2. The number of ether oxygens (including phenoxy) is 1. The summed E-state index contributed by atoms with van der Waals surface area (Å²) in [5, 5.41) is 3.74. The Balaban J connectivity index is 1.72. The van der Waals surface area contributed by atoms with Gasteiger partial charge in [0.25, 0.3) is 0 Å². The van der Waals surface area contributed by atoms with Crippen LogP contribution in [-0.4, -0.2) is 18.0 Å². The average molecular weight is 352 g/mol. The van der Waals surface area contributed by atoms with Crippen molar-refractivity contribution in [2.75, 3.05) is 12.4 Å². The van der Waals surface area contributed by atoms with E-state index in [1.54, 1.807) is 18.4 Å². The molecule has 0 unspecified atom stereocenters. The lowest BCUT2D eigenvalue weighted by atomic mass is 10.1. The zero-order chi connectivity index (χ0) is 17.8. The molecule has 0 bridgehead atoms. The zero-order valence-corrected chi connectivity index (χ0v) is 15.3. The minimum Gasteiger partial charge on any atom is -0.497 e. The van der Waals surface area contributed by atoms with Crippen molar-refractivity contribution >= 4 is 22.9 Å². The highest BCUT2D eigenvalue weighted by Crippen LogP contribution is 2.29. The predicted molar refractivity (Wildman–Crippen MR) is 102 cm³/mol. The van der Waals surface area contributed by atoms with E-state index in [2.05, 4.69) is 10.3 Å². The van der Waals surface area contributed by atoms with Gasteiger partial charge in [-0.1, -0.05) is 12.1 Å². The van der Waals surface area contributed by atoms with E-state index in [1.807, 2.05) is 62.4 Å². The van der Waals surface area contributed by atoms with Crippen LogP contribution in [0.15, 0.2) is 48.5 Å². The topological polar surface area (TPSA) is 51.2 Å². The molecule has 4 nitrogen and oxygen atoms in total. The standard InChI is InChI=1S/C20H20N2O2S/c1-13-5-4-6-16(11-13)21-18(23)12-19-22-20(14(2)25-19)15-7-9-17(24-3)10-8-15/h4-11H,12H2,1-3H3,(H,21,23). The van der Waals surface area contributed by atoms with Gasteiger partial charge in [0, 0.05) is 16.1 Å². The molecule has 0 saturated carbocycles. The molecule has 0 fully saturated rings. The Hall–Kier alpha value is -2.66. The molecule has 1 N–H and O–H groups in total. The van der Waals surface area contributed by atoms with Gasteiger partial charge in [0.15, 0.2) is 0 Å². The molecule has 0 aliphatic heterocycles. The number of benzene rings is 2. The Labute approximate surface area is 151 Å². The van der Waals surface area contributed by atoms with Gasteiger partial charge in [0.05, 0.1) is 19.2 Å². The lowest BCUT2D eigenvalue weighted by molar-refractivity contribution is -0.115. The minimum atomic E-state index is -0.0550. The quantitative estimate of drug-likeness (QED) is 0.729. The number of hydrogen-bond acceptors (Lipinski definition) is 4. The van der Waals surface area contributed by atoms with Gasteiger partial charge < -0.3 is 10.1 Å². The summed E-state index contributed by atoms with van der Waals surface area (Å²) < 4.78 is 5.19. The number of carbonyl (C=O) groups excluding carboxylic acids is 1. The first-order valence-corrected chi connectivity index (χ1v) is 8.84. The number of methoxy groups -OCH3 is 1. The summed E-state index contributed by atoms with van der Waals surface area (Å²) in [6.45, 7) is 4.03. The molecule has 0 atom stereocenters. The Bertz CT molecular complexity index is 885.